The van der Waals surface area contributed by atoms with Crippen molar-refractivity contribution in [2.75, 3.05) is 5.32 Å². The summed E-state index contributed by atoms with van der Waals surface area (Å²) >= 11 is 1.40. The topological polar surface area (TPSA) is 58.2 Å². The average Bonchev–Trinajstić information content (AvgIpc) is 3.12. The van der Waals surface area contributed by atoms with E-state index in [4.69, 9.17) is 0 Å². The number of rotatable bonds is 4. The summed E-state index contributed by atoms with van der Waals surface area (Å²) in [6.07, 6.45) is 4.68. The Balaban J connectivity index is 1.59. The quantitative estimate of drug-likeness (QED) is 0.870. The minimum Gasteiger partial charge on any atom is -0.349 e. The van der Waals surface area contributed by atoms with Crippen molar-refractivity contribution in [1.29, 1.82) is 0 Å². The van der Waals surface area contributed by atoms with Gasteiger partial charge in [0.15, 0.2) is 0 Å². The molecule has 0 unspecified atom stereocenters. The minimum atomic E-state index is -0.127. The Morgan fingerprint density at radius 3 is 2.46 bits per heavy atom. The molecule has 2 amide bonds. The molecule has 2 atom stereocenters. The number of amides is 2. The molecule has 126 valence electrons. The van der Waals surface area contributed by atoms with Crippen LogP contribution >= 0.6 is 11.3 Å². The number of carbonyl (C=O) groups excluding carboxylic acids is 2. The van der Waals surface area contributed by atoms with Crippen LogP contribution in [0.5, 0.6) is 0 Å². The second kappa shape index (κ2) is 7.62. The van der Waals surface area contributed by atoms with Crippen LogP contribution in [0, 0.1) is 5.92 Å². The standard InChI is InChI=1S/C19H22N2O2S/c1-13-5-2-3-6-16(13)21-18(22)14-8-10-15(11-9-14)20-19(23)17-7-4-12-24-17/h4,7-13,16H,2-3,5-6H2,1H3,(H,20,23)(H,21,22)/t13-,16-/m1/s1. The Morgan fingerprint density at radius 1 is 1.04 bits per heavy atom. The number of anilines is 1. The van der Waals surface area contributed by atoms with Crippen molar-refractivity contribution in [2.24, 2.45) is 5.92 Å². The van der Waals surface area contributed by atoms with E-state index in [2.05, 4.69) is 17.6 Å². The highest BCUT2D eigenvalue weighted by Crippen LogP contribution is 2.24. The molecule has 3 rings (SSSR count). The third-order valence-corrected chi connectivity index (χ3v) is 5.45. The summed E-state index contributed by atoms with van der Waals surface area (Å²) in [5.41, 5.74) is 1.32. The number of thiophene rings is 1. The highest BCUT2D eigenvalue weighted by molar-refractivity contribution is 7.12. The lowest BCUT2D eigenvalue weighted by Gasteiger charge is -2.29. The summed E-state index contributed by atoms with van der Waals surface area (Å²) in [5, 5.41) is 7.85. The van der Waals surface area contributed by atoms with Gasteiger partial charge in [-0.05, 0) is 54.5 Å². The van der Waals surface area contributed by atoms with Gasteiger partial charge in [-0.15, -0.1) is 11.3 Å². The van der Waals surface area contributed by atoms with E-state index in [1.807, 2.05) is 11.4 Å². The highest BCUT2D eigenvalue weighted by Gasteiger charge is 2.23. The minimum absolute atomic E-state index is 0.0371. The molecule has 1 fully saturated rings. The van der Waals surface area contributed by atoms with Crippen LogP contribution in [-0.4, -0.2) is 17.9 Å². The van der Waals surface area contributed by atoms with E-state index in [9.17, 15) is 9.59 Å². The third kappa shape index (κ3) is 4.03. The maximum atomic E-state index is 12.4. The zero-order chi connectivity index (χ0) is 16.9. The Hall–Kier alpha value is -2.14. The van der Waals surface area contributed by atoms with E-state index in [1.165, 1.54) is 30.6 Å². The van der Waals surface area contributed by atoms with Crippen molar-refractivity contribution in [3.63, 3.8) is 0 Å². The molecule has 1 heterocycles. The molecule has 1 saturated carbocycles. The van der Waals surface area contributed by atoms with Gasteiger partial charge in [-0.2, -0.15) is 0 Å². The van der Waals surface area contributed by atoms with Crippen molar-refractivity contribution in [3.8, 4) is 0 Å². The lowest BCUT2D eigenvalue weighted by molar-refractivity contribution is 0.0910. The van der Waals surface area contributed by atoms with Gasteiger partial charge >= 0.3 is 0 Å². The largest absolute Gasteiger partial charge is 0.349 e. The van der Waals surface area contributed by atoms with Crippen LogP contribution in [0.25, 0.3) is 0 Å². The van der Waals surface area contributed by atoms with Crippen molar-refractivity contribution >= 4 is 28.8 Å². The van der Waals surface area contributed by atoms with Crippen LogP contribution in [0.1, 0.15) is 52.6 Å². The van der Waals surface area contributed by atoms with Crippen LogP contribution in [0.3, 0.4) is 0 Å². The zero-order valence-corrected chi connectivity index (χ0v) is 14.6. The summed E-state index contributed by atoms with van der Waals surface area (Å²) in [7, 11) is 0. The van der Waals surface area contributed by atoms with Crippen LogP contribution in [0.15, 0.2) is 41.8 Å². The predicted octanol–water partition coefficient (Wildman–Crippen LogP) is 4.31. The van der Waals surface area contributed by atoms with Crippen molar-refractivity contribution < 1.29 is 9.59 Å². The summed E-state index contributed by atoms with van der Waals surface area (Å²) in [5.74, 6) is 0.371. The molecule has 2 N–H and O–H groups in total. The molecule has 0 spiro atoms. The molecule has 0 radical (unpaired) electrons. The number of nitrogens with one attached hydrogen (secondary N) is 2. The van der Waals surface area contributed by atoms with E-state index in [1.54, 1.807) is 30.3 Å². The van der Waals surface area contributed by atoms with Crippen molar-refractivity contribution in [1.82, 2.24) is 5.32 Å². The van der Waals surface area contributed by atoms with Gasteiger partial charge < -0.3 is 10.6 Å². The van der Waals surface area contributed by atoms with Gasteiger partial charge in [0.2, 0.25) is 0 Å². The van der Waals surface area contributed by atoms with Gasteiger partial charge in [-0.1, -0.05) is 25.8 Å². The number of carbonyl (C=O) groups is 2. The van der Waals surface area contributed by atoms with Crippen molar-refractivity contribution in [3.05, 3.63) is 52.2 Å². The summed E-state index contributed by atoms with van der Waals surface area (Å²) in [6.45, 7) is 2.20. The van der Waals surface area contributed by atoms with E-state index in [-0.39, 0.29) is 17.9 Å². The smallest absolute Gasteiger partial charge is 0.265 e. The predicted molar refractivity (Wildman–Crippen MR) is 97.6 cm³/mol. The first-order chi connectivity index (χ1) is 11.6. The third-order valence-electron chi connectivity index (χ3n) is 4.58. The maximum Gasteiger partial charge on any atom is 0.265 e. The molecule has 2 aromatic rings. The lowest BCUT2D eigenvalue weighted by Crippen LogP contribution is -2.41. The number of hydrogen-bond acceptors (Lipinski definition) is 3. The second-order valence-corrected chi connectivity index (χ2v) is 7.30. The second-order valence-electron chi connectivity index (χ2n) is 6.35. The van der Waals surface area contributed by atoms with Gasteiger partial charge in [0.1, 0.15) is 0 Å². The average molecular weight is 342 g/mol. The van der Waals surface area contributed by atoms with Crippen LogP contribution in [-0.2, 0) is 0 Å². The van der Waals surface area contributed by atoms with Crippen molar-refractivity contribution in [2.45, 2.75) is 38.6 Å². The fourth-order valence-electron chi connectivity index (χ4n) is 3.09. The molecule has 0 aliphatic heterocycles. The number of hydrogen-bond donors (Lipinski definition) is 2. The molecule has 5 heteroatoms. The lowest BCUT2D eigenvalue weighted by atomic mass is 9.86. The maximum absolute atomic E-state index is 12.4. The molecular formula is C19H22N2O2S. The molecule has 24 heavy (non-hydrogen) atoms. The molecule has 4 nitrogen and oxygen atoms in total. The molecule has 1 aromatic heterocycles. The summed E-state index contributed by atoms with van der Waals surface area (Å²) < 4.78 is 0. The molecular weight excluding hydrogens is 320 g/mol. The Kier molecular flexibility index (Phi) is 5.30. The fourth-order valence-corrected chi connectivity index (χ4v) is 3.71. The number of benzene rings is 1. The molecule has 1 aliphatic rings. The Morgan fingerprint density at radius 2 is 1.79 bits per heavy atom. The first-order valence-corrected chi connectivity index (χ1v) is 9.27. The monoisotopic (exact) mass is 342 g/mol. The Labute approximate surface area is 146 Å². The van der Waals surface area contributed by atoms with Gasteiger partial charge in [0.05, 0.1) is 4.88 Å². The van der Waals surface area contributed by atoms with Gasteiger partial charge in [-0.3, -0.25) is 9.59 Å². The van der Waals surface area contributed by atoms with E-state index < -0.39 is 0 Å². The molecule has 1 aliphatic carbocycles. The molecule has 0 bridgehead atoms. The highest BCUT2D eigenvalue weighted by atomic mass is 32.1. The van der Waals surface area contributed by atoms with Gasteiger partial charge in [-0.25, -0.2) is 0 Å². The fraction of sp³-hybridized carbons (Fsp3) is 0.368. The first kappa shape index (κ1) is 16.7. The van der Waals surface area contributed by atoms with Crippen LogP contribution in [0.4, 0.5) is 5.69 Å². The van der Waals surface area contributed by atoms with E-state index in [0.717, 1.165) is 6.42 Å². The first-order valence-electron chi connectivity index (χ1n) is 8.39. The van der Waals surface area contributed by atoms with E-state index >= 15 is 0 Å². The summed E-state index contributed by atoms with van der Waals surface area (Å²) in [4.78, 5) is 25.1. The van der Waals surface area contributed by atoms with E-state index in [0.29, 0.717) is 22.0 Å². The SMILES string of the molecule is C[C@@H]1CCCC[C@H]1NC(=O)c1ccc(NC(=O)c2cccs2)cc1. The Bertz CT molecular complexity index is 695. The molecule has 0 saturated heterocycles. The van der Waals surface area contributed by atoms with Gasteiger partial charge in [0.25, 0.3) is 11.8 Å². The normalized spacial score (nSPS) is 20.4. The zero-order valence-electron chi connectivity index (χ0n) is 13.7. The molecule has 1 aromatic carbocycles. The van der Waals surface area contributed by atoms with Crippen LogP contribution in [0.2, 0.25) is 0 Å². The van der Waals surface area contributed by atoms with Crippen LogP contribution < -0.4 is 10.6 Å². The summed E-state index contributed by atoms with van der Waals surface area (Å²) in [6, 6.07) is 11.0. The van der Waals surface area contributed by atoms with Gasteiger partial charge in [0, 0.05) is 17.3 Å².